The van der Waals surface area contributed by atoms with E-state index in [1.165, 1.54) is 0 Å². The van der Waals surface area contributed by atoms with E-state index in [1.807, 2.05) is 43.3 Å². The number of aliphatic hydroxyl groups is 1. The van der Waals surface area contributed by atoms with Gasteiger partial charge in [-0.05, 0) is 141 Å². The van der Waals surface area contributed by atoms with Gasteiger partial charge in [-0.25, -0.2) is 4.98 Å². The molecule has 4 saturated heterocycles. The van der Waals surface area contributed by atoms with Crippen molar-refractivity contribution in [2.75, 3.05) is 56.0 Å². The highest BCUT2D eigenvalue weighted by molar-refractivity contribution is 6.23. The predicted molar refractivity (Wildman–Crippen MR) is 238 cm³/mol. The molecule has 7 heterocycles. The van der Waals surface area contributed by atoms with Gasteiger partial charge in [-0.2, -0.15) is 5.10 Å². The Morgan fingerprint density at radius 3 is 2.25 bits per heavy atom. The zero-order chi connectivity index (χ0) is 44.4. The number of carbonyl (C=O) groups is 5. The molecule has 0 radical (unpaired) electrons. The van der Waals surface area contributed by atoms with Crippen LogP contribution in [0.25, 0.3) is 10.9 Å². The Morgan fingerprint density at radius 2 is 1.57 bits per heavy atom. The molecule has 15 nitrogen and oxygen atoms in total. The van der Waals surface area contributed by atoms with Crippen molar-refractivity contribution in [2.45, 2.75) is 109 Å². The van der Waals surface area contributed by atoms with Crippen LogP contribution < -0.4 is 15.5 Å². The van der Waals surface area contributed by atoms with Crippen LogP contribution in [0.5, 0.6) is 0 Å². The number of carbonyl (C=O) groups excluding carboxylic acids is 5. The summed E-state index contributed by atoms with van der Waals surface area (Å²) >= 11 is 0. The number of nitrogens with one attached hydrogen (secondary N) is 2. The molecule has 1 spiro atoms. The van der Waals surface area contributed by atoms with Gasteiger partial charge in [0.05, 0.1) is 28.3 Å². The molecule has 3 N–H and O–H groups in total. The number of likely N-dealkylation sites (tertiary alicyclic amines) is 2. The number of imide groups is 2. The lowest BCUT2D eigenvalue weighted by Gasteiger charge is -2.52. The van der Waals surface area contributed by atoms with Crippen molar-refractivity contribution >= 4 is 51.8 Å². The molecule has 5 aliphatic rings. The van der Waals surface area contributed by atoms with E-state index in [0.717, 1.165) is 112 Å². The van der Waals surface area contributed by atoms with Gasteiger partial charge >= 0.3 is 0 Å². The van der Waals surface area contributed by atoms with Gasteiger partial charge in [0.2, 0.25) is 11.8 Å². The Kier molecular flexibility index (Phi) is 11.0. The van der Waals surface area contributed by atoms with Crippen LogP contribution in [0, 0.1) is 12.3 Å². The molecular formula is C48H59N9O6. The number of nitrogens with zero attached hydrogens (tertiary/aromatic N) is 7. The van der Waals surface area contributed by atoms with Gasteiger partial charge in [0.1, 0.15) is 11.7 Å². The fourth-order valence-corrected chi connectivity index (χ4v) is 10.7. The zero-order valence-corrected chi connectivity index (χ0v) is 37.1. The van der Waals surface area contributed by atoms with E-state index < -0.39 is 29.4 Å². The van der Waals surface area contributed by atoms with Crippen molar-refractivity contribution < 1.29 is 29.1 Å². The Hall–Kier alpha value is -5.51. The molecule has 63 heavy (non-hydrogen) atoms. The number of benzene rings is 2. The molecule has 0 bridgehead atoms. The van der Waals surface area contributed by atoms with Crippen LogP contribution >= 0.6 is 0 Å². The third-order valence-corrected chi connectivity index (χ3v) is 14.5. The highest BCUT2D eigenvalue weighted by Crippen LogP contribution is 2.44. The molecule has 0 saturated carbocycles. The van der Waals surface area contributed by atoms with Crippen molar-refractivity contribution in [3.63, 3.8) is 0 Å². The lowest BCUT2D eigenvalue weighted by molar-refractivity contribution is -0.136. The Bertz CT molecular complexity index is 2480. The van der Waals surface area contributed by atoms with Crippen LogP contribution in [0.1, 0.15) is 128 Å². The van der Waals surface area contributed by atoms with Crippen LogP contribution in [0.2, 0.25) is 0 Å². The van der Waals surface area contributed by atoms with Gasteiger partial charge in [-0.15, -0.1) is 0 Å². The summed E-state index contributed by atoms with van der Waals surface area (Å²) in [5, 5.41) is 22.2. The monoisotopic (exact) mass is 857 g/mol. The number of rotatable bonds is 9. The van der Waals surface area contributed by atoms with Crippen molar-refractivity contribution in [2.24, 2.45) is 5.41 Å². The molecule has 1 atom stereocenters. The van der Waals surface area contributed by atoms with Crippen molar-refractivity contribution in [3.05, 3.63) is 82.8 Å². The number of aryl methyl sites for hydroxylation is 1. The smallest absolute Gasteiger partial charge is 0.274 e. The Labute approximate surface area is 368 Å². The number of hydrogen-bond donors (Lipinski definition) is 3. The Morgan fingerprint density at radius 1 is 0.873 bits per heavy atom. The molecule has 5 amide bonds. The number of pyridine rings is 1. The van der Waals surface area contributed by atoms with Crippen molar-refractivity contribution in [1.29, 1.82) is 0 Å². The van der Waals surface area contributed by atoms with E-state index in [9.17, 15) is 29.1 Å². The largest absolute Gasteiger partial charge is 0.386 e. The van der Waals surface area contributed by atoms with Gasteiger partial charge in [-0.3, -0.25) is 43.8 Å². The summed E-state index contributed by atoms with van der Waals surface area (Å²) in [5.74, 6) is -2.25. The summed E-state index contributed by atoms with van der Waals surface area (Å²) in [6, 6.07) is 13.9. The van der Waals surface area contributed by atoms with Gasteiger partial charge in [0.15, 0.2) is 0 Å². The molecule has 4 aromatic rings. The van der Waals surface area contributed by atoms with E-state index >= 15 is 0 Å². The summed E-state index contributed by atoms with van der Waals surface area (Å²) in [6.07, 6.45) is 8.73. The number of amides is 5. The molecule has 2 aromatic heterocycles. The van der Waals surface area contributed by atoms with Gasteiger partial charge < -0.3 is 20.2 Å². The molecule has 15 heteroatoms. The molecule has 5 aliphatic heterocycles. The van der Waals surface area contributed by atoms with E-state index in [2.05, 4.69) is 55.0 Å². The first kappa shape index (κ1) is 42.8. The molecule has 4 fully saturated rings. The molecule has 1 unspecified atom stereocenters. The number of anilines is 2. The fraction of sp³-hybridized carbons (Fsp3) is 0.521. The topological polar surface area (TPSA) is 173 Å². The lowest BCUT2D eigenvalue weighted by Crippen LogP contribution is -2.57. The zero-order valence-electron chi connectivity index (χ0n) is 37.1. The maximum atomic E-state index is 13.5. The van der Waals surface area contributed by atoms with Gasteiger partial charge in [-0.1, -0.05) is 6.07 Å². The molecule has 332 valence electrons. The van der Waals surface area contributed by atoms with Gasteiger partial charge in [0, 0.05) is 78.9 Å². The van der Waals surface area contributed by atoms with Crippen LogP contribution in [0.15, 0.2) is 54.7 Å². The maximum absolute atomic E-state index is 13.5. The Balaban J connectivity index is 0.769. The number of hydrogen-bond acceptors (Lipinski definition) is 11. The SMILES string of the molecule is Cc1cccc(C(=O)Nc2cc3cn(C4CCN(CC(C)(C)N5CCC6(CCN(c7ccc8c(c7)C(=O)N(C7CCC(=O)NC7=O)C8=O)CC6)CC5)CC4)nc3cc2C(C)(C)O)n1. The van der Waals surface area contributed by atoms with Crippen molar-refractivity contribution in [1.82, 2.24) is 34.8 Å². The highest BCUT2D eigenvalue weighted by Gasteiger charge is 2.46. The predicted octanol–water partition coefficient (Wildman–Crippen LogP) is 5.42. The number of piperidine rings is 4. The highest BCUT2D eigenvalue weighted by atomic mass is 16.3. The molecule has 2 aromatic carbocycles. The van der Waals surface area contributed by atoms with Crippen LogP contribution in [0.3, 0.4) is 0 Å². The summed E-state index contributed by atoms with van der Waals surface area (Å²) in [5.41, 5.74) is 3.68. The van der Waals surface area contributed by atoms with Gasteiger partial charge in [0.25, 0.3) is 17.7 Å². The first-order chi connectivity index (χ1) is 30.0. The van der Waals surface area contributed by atoms with E-state index in [1.54, 1.807) is 26.0 Å². The minimum Gasteiger partial charge on any atom is -0.386 e. The van der Waals surface area contributed by atoms with Crippen LogP contribution in [0.4, 0.5) is 11.4 Å². The summed E-state index contributed by atoms with van der Waals surface area (Å²) in [4.78, 5) is 77.0. The first-order valence-electron chi connectivity index (χ1n) is 22.6. The average Bonchev–Trinajstić information content (AvgIpc) is 3.77. The molecular weight excluding hydrogens is 799 g/mol. The maximum Gasteiger partial charge on any atom is 0.274 e. The number of aromatic nitrogens is 3. The van der Waals surface area contributed by atoms with E-state index in [4.69, 9.17) is 5.10 Å². The average molecular weight is 858 g/mol. The quantitative estimate of drug-likeness (QED) is 0.184. The summed E-state index contributed by atoms with van der Waals surface area (Å²) in [7, 11) is 0. The lowest BCUT2D eigenvalue weighted by atomic mass is 9.70. The second-order valence-corrected chi connectivity index (χ2v) is 19.7. The standard InChI is InChI=1S/C48H59N9O6/c1-30-7-6-8-37(49-30)42(59)50-39-25-31-28-56(52-38(31)27-36(39)47(4,5)63)32-13-19-53(20-14-32)29-46(2,3)55-23-17-48(18-24-55)15-21-54(22-16-48)33-9-10-34-35(26-33)45(62)57(44(34)61)40-11-12-41(58)51-43(40)60/h6-10,25-28,32,40,63H,11-24,29H2,1-5H3,(H,50,59)(H,51,58,60). The van der Waals surface area contributed by atoms with Crippen LogP contribution in [-0.2, 0) is 15.2 Å². The van der Waals surface area contributed by atoms with E-state index in [-0.39, 0.29) is 41.7 Å². The molecule has 9 rings (SSSR count). The van der Waals surface area contributed by atoms with Crippen LogP contribution in [-0.4, -0.2) is 122 Å². The summed E-state index contributed by atoms with van der Waals surface area (Å²) < 4.78 is 2.08. The third-order valence-electron chi connectivity index (χ3n) is 14.5. The third kappa shape index (κ3) is 8.38. The number of fused-ring (bicyclic) bond motifs is 2. The normalized spacial score (nSPS) is 21.7. The second kappa shape index (κ2) is 16.2. The second-order valence-electron chi connectivity index (χ2n) is 19.7. The first-order valence-corrected chi connectivity index (χ1v) is 22.6. The minimum absolute atomic E-state index is 0.0218. The summed E-state index contributed by atoms with van der Waals surface area (Å²) in [6.45, 7) is 16.9. The van der Waals surface area contributed by atoms with E-state index in [0.29, 0.717) is 28.1 Å². The minimum atomic E-state index is -1.20. The fourth-order valence-electron chi connectivity index (χ4n) is 10.7. The van der Waals surface area contributed by atoms with Crippen molar-refractivity contribution in [3.8, 4) is 0 Å². The molecule has 0 aliphatic carbocycles.